The van der Waals surface area contributed by atoms with E-state index < -0.39 is 6.10 Å². The number of aliphatic hydroxyl groups excluding tert-OH is 1. The van der Waals surface area contributed by atoms with Crippen LogP contribution < -0.4 is 10.1 Å². The third-order valence-corrected chi connectivity index (χ3v) is 3.32. The molecule has 1 rings (SSSR count). The monoisotopic (exact) mass is 315 g/mol. The van der Waals surface area contributed by atoms with Gasteiger partial charge in [0.15, 0.2) is 0 Å². The van der Waals surface area contributed by atoms with Crippen LogP contribution in [-0.2, 0) is 6.54 Å². The molecule has 4 heteroatoms. The van der Waals surface area contributed by atoms with Gasteiger partial charge >= 0.3 is 0 Å². The van der Waals surface area contributed by atoms with Crippen molar-refractivity contribution in [3.05, 3.63) is 28.2 Å². The number of rotatable bonds is 6. The van der Waals surface area contributed by atoms with Crippen molar-refractivity contribution in [2.24, 2.45) is 0 Å². The molecule has 0 heterocycles. The van der Waals surface area contributed by atoms with Gasteiger partial charge in [0, 0.05) is 12.6 Å². The first-order valence-corrected chi connectivity index (χ1v) is 7.06. The summed E-state index contributed by atoms with van der Waals surface area (Å²) in [7, 11) is 0. The molecule has 0 aliphatic carbocycles. The molecule has 2 N–H and O–H groups in total. The molecule has 0 aliphatic heterocycles. The molecule has 0 saturated heterocycles. The van der Waals surface area contributed by atoms with E-state index in [1.807, 2.05) is 25.1 Å². The van der Waals surface area contributed by atoms with Gasteiger partial charge in [0.25, 0.3) is 0 Å². The molecule has 18 heavy (non-hydrogen) atoms. The van der Waals surface area contributed by atoms with Gasteiger partial charge in [-0.1, -0.05) is 19.9 Å². The van der Waals surface area contributed by atoms with Crippen LogP contribution in [-0.4, -0.2) is 23.4 Å². The molecule has 1 aromatic rings. The van der Waals surface area contributed by atoms with Crippen molar-refractivity contribution < 1.29 is 9.84 Å². The summed E-state index contributed by atoms with van der Waals surface area (Å²) in [6.07, 6.45) is -0.708. The third-order valence-electron chi connectivity index (χ3n) is 2.70. The lowest BCUT2D eigenvalue weighted by Crippen LogP contribution is -2.25. The first-order chi connectivity index (χ1) is 8.40. The molecule has 0 amide bonds. The molecule has 0 spiro atoms. The highest BCUT2D eigenvalue weighted by Crippen LogP contribution is 2.27. The van der Waals surface area contributed by atoms with E-state index in [1.54, 1.807) is 6.92 Å². The van der Waals surface area contributed by atoms with E-state index in [4.69, 9.17) is 4.74 Å². The first kappa shape index (κ1) is 15.5. The zero-order valence-electron chi connectivity index (χ0n) is 11.4. The van der Waals surface area contributed by atoms with Crippen molar-refractivity contribution >= 4 is 15.9 Å². The van der Waals surface area contributed by atoms with Crippen LogP contribution in [0.3, 0.4) is 0 Å². The summed E-state index contributed by atoms with van der Waals surface area (Å²) >= 11 is 3.50. The molecule has 0 saturated carbocycles. The summed E-state index contributed by atoms with van der Waals surface area (Å²) in [6.45, 7) is 8.65. The van der Waals surface area contributed by atoms with Crippen LogP contribution >= 0.6 is 15.9 Å². The van der Waals surface area contributed by atoms with Gasteiger partial charge < -0.3 is 15.2 Å². The van der Waals surface area contributed by atoms with Gasteiger partial charge in [0.05, 0.1) is 10.6 Å². The van der Waals surface area contributed by atoms with Gasteiger partial charge in [-0.05, 0) is 47.5 Å². The summed E-state index contributed by atoms with van der Waals surface area (Å²) in [5.41, 5.74) is 1.20. The molecule has 0 radical (unpaired) electrons. The summed E-state index contributed by atoms with van der Waals surface area (Å²) in [5, 5.41) is 12.8. The zero-order valence-corrected chi connectivity index (χ0v) is 13.0. The Labute approximate surface area is 118 Å². The van der Waals surface area contributed by atoms with Gasteiger partial charge in [0.2, 0.25) is 0 Å². The highest BCUT2D eigenvalue weighted by atomic mass is 79.9. The van der Waals surface area contributed by atoms with Crippen LogP contribution in [0.25, 0.3) is 0 Å². The van der Waals surface area contributed by atoms with Crippen molar-refractivity contribution in [1.29, 1.82) is 0 Å². The van der Waals surface area contributed by atoms with Gasteiger partial charge in [0.1, 0.15) is 11.9 Å². The van der Waals surface area contributed by atoms with Gasteiger partial charge in [-0.2, -0.15) is 0 Å². The van der Waals surface area contributed by atoms with Crippen molar-refractivity contribution in [3.8, 4) is 5.75 Å². The van der Waals surface area contributed by atoms with Crippen LogP contribution in [0.5, 0.6) is 5.75 Å². The lowest BCUT2D eigenvalue weighted by molar-refractivity contribution is 0.0599. The fourth-order valence-electron chi connectivity index (χ4n) is 1.37. The zero-order chi connectivity index (χ0) is 13.7. The molecule has 0 aromatic heterocycles. The number of hydrogen-bond donors (Lipinski definition) is 2. The minimum atomic E-state index is -0.487. The van der Waals surface area contributed by atoms with E-state index in [-0.39, 0.29) is 6.10 Å². The van der Waals surface area contributed by atoms with E-state index in [2.05, 4.69) is 35.1 Å². The highest BCUT2D eigenvalue weighted by molar-refractivity contribution is 9.10. The molecule has 1 aromatic carbocycles. The van der Waals surface area contributed by atoms with E-state index in [9.17, 15) is 5.11 Å². The highest BCUT2D eigenvalue weighted by Gasteiger charge is 2.12. The second kappa shape index (κ2) is 7.12. The normalized spacial score (nSPS) is 14.6. The van der Waals surface area contributed by atoms with Crippen LogP contribution in [0.4, 0.5) is 0 Å². The molecule has 3 nitrogen and oxygen atoms in total. The maximum absolute atomic E-state index is 9.42. The third kappa shape index (κ3) is 4.96. The van der Waals surface area contributed by atoms with E-state index in [1.165, 1.54) is 5.56 Å². The minimum Gasteiger partial charge on any atom is -0.487 e. The summed E-state index contributed by atoms with van der Waals surface area (Å²) < 4.78 is 6.58. The summed E-state index contributed by atoms with van der Waals surface area (Å²) in [4.78, 5) is 0. The predicted octanol–water partition coefficient (Wildman–Crippen LogP) is 3.10. The van der Waals surface area contributed by atoms with Crippen LogP contribution in [0.2, 0.25) is 0 Å². The van der Waals surface area contributed by atoms with Gasteiger partial charge in [-0.15, -0.1) is 0 Å². The SMILES string of the molecule is CC(C)NCc1ccc(OC(C)C(C)O)c(Br)c1. The molecule has 0 fully saturated rings. The van der Waals surface area contributed by atoms with Crippen molar-refractivity contribution in [1.82, 2.24) is 5.32 Å². The number of benzene rings is 1. The molecule has 2 atom stereocenters. The molecule has 102 valence electrons. The molecule has 2 unspecified atom stereocenters. The van der Waals surface area contributed by atoms with Crippen LogP contribution in [0.1, 0.15) is 33.3 Å². The Hall–Kier alpha value is -0.580. The van der Waals surface area contributed by atoms with Gasteiger partial charge in [-0.3, -0.25) is 0 Å². The first-order valence-electron chi connectivity index (χ1n) is 6.26. The number of halogens is 1. The molecule has 0 bridgehead atoms. The van der Waals surface area contributed by atoms with E-state index >= 15 is 0 Å². The Balaban J connectivity index is 2.67. The Bertz CT molecular complexity index is 380. The second-order valence-electron chi connectivity index (χ2n) is 4.86. The molecule has 0 aliphatic rings. The number of hydrogen-bond acceptors (Lipinski definition) is 3. The second-order valence-corrected chi connectivity index (χ2v) is 5.72. The quantitative estimate of drug-likeness (QED) is 0.847. The van der Waals surface area contributed by atoms with E-state index in [0.29, 0.717) is 6.04 Å². The van der Waals surface area contributed by atoms with Crippen LogP contribution in [0, 0.1) is 0 Å². The van der Waals surface area contributed by atoms with Crippen molar-refractivity contribution in [2.45, 2.75) is 52.5 Å². The average Bonchev–Trinajstić information content (AvgIpc) is 2.29. The fraction of sp³-hybridized carbons (Fsp3) is 0.571. The van der Waals surface area contributed by atoms with Gasteiger partial charge in [-0.25, -0.2) is 0 Å². The summed E-state index contributed by atoms with van der Waals surface area (Å²) in [6, 6.07) is 6.47. The lowest BCUT2D eigenvalue weighted by Gasteiger charge is -2.18. The Morgan fingerprint density at radius 3 is 2.44 bits per heavy atom. The largest absolute Gasteiger partial charge is 0.487 e. The topological polar surface area (TPSA) is 41.5 Å². The number of aliphatic hydroxyl groups is 1. The number of ether oxygens (including phenoxy) is 1. The Morgan fingerprint density at radius 1 is 1.28 bits per heavy atom. The van der Waals surface area contributed by atoms with Crippen LogP contribution in [0.15, 0.2) is 22.7 Å². The Morgan fingerprint density at radius 2 is 1.94 bits per heavy atom. The lowest BCUT2D eigenvalue weighted by atomic mass is 10.2. The predicted molar refractivity (Wildman–Crippen MR) is 77.9 cm³/mol. The maximum atomic E-state index is 9.42. The Kier molecular flexibility index (Phi) is 6.12. The standard InChI is InChI=1S/C14H22BrNO2/c1-9(2)16-8-12-5-6-14(13(15)7-12)18-11(4)10(3)17/h5-7,9-11,16-17H,8H2,1-4H3. The maximum Gasteiger partial charge on any atom is 0.134 e. The van der Waals surface area contributed by atoms with Crippen molar-refractivity contribution in [2.75, 3.05) is 0 Å². The number of nitrogens with one attached hydrogen (secondary N) is 1. The average molecular weight is 316 g/mol. The fourth-order valence-corrected chi connectivity index (χ4v) is 1.89. The van der Waals surface area contributed by atoms with E-state index in [0.717, 1.165) is 16.8 Å². The summed E-state index contributed by atoms with van der Waals surface area (Å²) in [5.74, 6) is 0.761. The smallest absolute Gasteiger partial charge is 0.134 e. The molecular formula is C14H22BrNO2. The molecular weight excluding hydrogens is 294 g/mol. The van der Waals surface area contributed by atoms with Crippen molar-refractivity contribution in [3.63, 3.8) is 0 Å². The minimum absolute atomic E-state index is 0.221.